The summed E-state index contributed by atoms with van der Waals surface area (Å²) in [5.74, 6) is -1.40. The topological polar surface area (TPSA) is 131 Å². The summed E-state index contributed by atoms with van der Waals surface area (Å²) >= 11 is 6.85. The molecule has 2 aromatic rings. The number of amides is 3. The monoisotopic (exact) mass is 477 g/mol. The Morgan fingerprint density at radius 2 is 1.84 bits per heavy atom. The Bertz CT molecular complexity index is 986. The number of aromatic nitrogens is 1. The van der Waals surface area contributed by atoms with Gasteiger partial charge in [-0.05, 0) is 61.0 Å². The number of nitrogens with two attached hydrogens (primary N) is 2. The standard InChI is InChI=1S/C22H28ClN5O3S/c1-12(2)11-16(21(30)26-14-5-3-4-6-14)28(15-9-7-13(23)8-10-15)22(31)19-17(24)18(20(25)29)27-32-19/h7-10,12,14,16H,3-6,11,24H2,1-2H3,(H2,25,29)(H,26,30). The zero-order valence-electron chi connectivity index (χ0n) is 18.1. The van der Waals surface area contributed by atoms with Crippen molar-refractivity contribution in [1.29, 1.82) is 0 Å². The van der Waals surface area contributed by atoms with Crippen LogP contribution in [-0.2, 0) is 4.79 Å². The molecule has 3 rings (SSSR count). The van der Waals surface area contributed by atoms with Gasteiger partial charge in [-0.1, -0.05) is 38.3 Å². The van der Waals surface area contributed by atoms with Crippen LogP contribution < -0.4 is 21.7 Å². The van der Waals surface area contributed by atoms with Gasteiger partial charge in [0, 0.05) is 16.8 Å². The van der Waals surface area contributed by atoms with E-state index < -0.39 is 17.9 Å². The van der Waals surface area contributed by atoms with Gasteiger partial charge >= 0.3 is 0 Å². The third kappa shape index (κ3) is 5.39. The van der Waals surface area contributed by atoms with E-state index in [-0.39, 0.29) is 34.1 Å². The highest BCUT2D eigenvalue weighted by Gasteiger charge is 2.36. The predicted octanol–water partition coefficient (Wildman–Crippen LogP) is 3.60. The fourth-order valence-electron chi connectivity index (χ4n) is 3.92. The number of carbonyl (C=O) groups excluding carboxylic acids is 3. The number of halogens is 1. The van der Waals surface area contributed by atoms with E-state index in [0.29, 0.717) is 17.1 Å². The molecule has 1 saturated carbocycles. The van der Waals surface area contributed by atoms with Crippen molar-refractivity contribution in [2.75, 3.05) is 10.6 Å². The molecule has 1 unspecified atom stereocenters. The van der Waals surface area contributed by atoms with Crippen LogP contribution >= 0.6 is 23.1 Å². The number of anilines is 2. The van der Waals surface area contributed by atoms with Crippen LogP contribution in [0.4, 0.5) is 11.4 Å². The van der Waals surface area contributed by atoms with E-state index in [9.17, 15) is 14.4 Å². The van der Waals surface area contributed by atoms with Gasteiger partial charge in [0.1, 0.15) is 10.9 Å². The van der Waals surface area contributed by atoms with Crippen LogP contribution in [0.25, 0.3) is 0 Å². The lowest BCUT2D eigenvalue weighted by atomic mass is 9.99. The molecule has 3 amide bonds. The largest absolute Gasteiger partial charge is 0.395 e. The smallest absolute Gasteiger partial charge is 0.272 e. The van der Waals surface area contributed by atoms with Crippen molar-refractivity contribution in [2.24, 2.45) is 11.7 Å². The Kier molecular flexibility index (Phi) is 7.73. The minimum atomic E-state index is -0.812. The van der Waals surface area contributed by atoms with Crippen LogP contribution in [0.1, 0.15) is 66.1 Å². The van der Waals surface area contributed by atoms with Crippen molar-refractivity contribution in [2.45, 2.75) is 58.0 Å². The molecule has 1 aliphatic carbocycles. The second-order valence-corrected chi connectivity index (χ2v) is 9.63. The average molecular weight is 478 g/mol. The maximum atomic E-state index is 13.7. The van der Waals surface area contributed by atoms with E-state index in [0.717, 1.165) is 37.2 Å². The molecule has 8 nitrogen and oxygen atoms in total. The van der Waals surface area contributed by atoms with Crippen molar-refractivity contribution >= 4 is 52.2 Å². The first-order chi connectivity index (χ1) is 15.2. The van der Waals surface area contributed by atoms with Crippen molar-refractivity contribution in [3.63, 3.8) is 0 Å². The van der Waals surface area contributed by atoms with E-state index in [1.807, 2.05) is 13.8 Å². The normalized spacial score (nSPS) is 15.0. The van der Waals surface area contributed by atoms with Gasteiger partial charge in [0.05, 0.1) is 5.69 Å². The number of nitrogen functional groups attached to an aromatic ring is 1. The molecule has 0 aliphatic heterocycles. The third-order valence-corrected chi connectivity index (χ3v) is 6.59. The van der Waals surface area contributed by atoms with E-state index in [1.54, 1.807) is 24.3 Å². The maximum absolute atomic E-state index is 13.7. The number of hydrogen-bond donors (Lipinski definition) is 3. The van der Waals surface area contributed by atoms with Crippen LogP contribution in [0.15, 0.2) is 24.3 Å². The molecule has 1 aromatic carbocycles. The quantitative estimate of drug-likeness (QED) is 0.534. The summed E-state index contributed by atoms with van der Waals surface area (Å²) in [4.78, 5) is 40.2. The molecule has 1 aliphatic rings. The summed E-state index contributed by atoms with van der Waals surface area (Å²) in [6.07, 6.45) is 4.45. The Hall–Kier alpha value is -2.65. The highest BCUT2D eigenvalue weighted by atomic mass is 35.5. The van der Waals surface area contributed by atoms with Gasteiger partial charge in [0.2, 0.25) is 5.91 Å². The summed E-state index contributed by atoms with van der Waals surface area (Å²) in [5, 5.41) is 3.62. The number of carbonyl (C=O) groups is 3. The fraction of sp³-hybridized carbons (Fsp3) is 0.455. The van der Waals surface area contributed by atoms with E-state index in [1.165, 1.54) is 4.90 Å². The summed E-state index contributed by atoms with van der Waals surface area (Å²) < 4.78 is 3.95. The zero-order valence-corrected chi connectivity index (χ0v) is 19.7. The molecule has 172 valence electrons. The number of benzene rings is 1. The number of primary amides is 1. The molecule has 0 bridgehead atoms. The SMILES string of the molecule is CC(C)CC(C(=O)NC1CCCC1)N(C(=O)c1snc(C(N)=O)c1N)c1ccc(Cl)cc1. The first-order valence-corrected chi connectivity index (χ1v) is 11.8. The van der Waals surface area contributed by atoms with E-state index in [4.69, 9.17) is 23.1 Å². The lowest BCUT2D eigenvalue weighted by molar-refractivity contribution is -0.123. The Labute approximate surface area is 196 Å². The molecule has 0 spiro atoms. The Balaban J connectivity index is 2.04. The van der Waals surface area contributed by atoms with Crippen molar-refractivity contribution < 1.29 is 14.4 Å². The predicted molar refractivity (Wildman–Crippen MR) is 127 cm³/mol. The third-order valence-electron chi connectivity index (χ3n) is 5.49. The van der Waals surface area contributed by atoms with Crippen LogP contribution in [-0.4, -0.2) is 34.2 Å². The number of hydrogen-bond acceptors (Lipinski definition) is 6. The van der Waals surface area contributed by atoms with Gasteiger partial charge in [-0.15, -0.1) is 0 Å². The molecule has 0 radical (unpaired) electrons. The molecule has 0 saturated heterocycles. The second-order valence-electron chi connectivity index (χ2n) is 8.43. The summed E-state index contributed by atoms with van der Waals surface area (Å²) in [5.41, 5.74) is 11.6. The van der Waals surface area contributed by atoms with Gasteiger partial charge in [-0.25, -0.2) is 0 Å². The molecular formula is C22H28ClN5O3S. The molecule has 1 aromatic heterocycles. The van der Waals surface area contributed by atoms with Crippen LogP contribution in [0.3, 0.4) is 0 Å². The fourth-order valence-corrected chi connectivity index (χ4v) is 4.79. The molecule has 5 N–H and O–H groups in total. The van der Waals surface area contributed by atoms with Crippen molar-refractivity contribution in [3.8, 4) is 0 Å². The first-order valence-electron chi connectivity index (χ1n) is 10.6. The zero-order chi connectivity index (χ0) is 23.4. The van der Waals surface area contributed by atoms with Gasteiger partial charge in [-0.2, -0.15) is 4.37 Å². The second kappa shape index (κ2) is 10.3. The van der Waals surface area contributed by atoms with Gasteiger partial charge in [0.15, 0.2) is 5.69 Å². The minimum absolute atomic E-state index is 0.0659. The highest BCUT2D eigenvalue weighted by Crippen LogP contribution is 2.30. The lowest BCUT2D eigenvalue weighted by Gasteiger charge is -2.33. The number of nitrogens with zero attached hydrogens (tertiary/aromatic N) is 2. The first kappa shape index (κ1) is 24.0. The molecule has 10 heteroatoms. The summed E-state index contributed by atoms with van der Waals surface area (Å²) in [6, 6.07) is 6.01. The molecule has 32 heavy (non-hydrogen) atoms. The van der Waals surface area contributed by atoms with Crippen molar-refractivity contribution in [1.82, 2.24) is 9.69 Å². The molecule has 1 heterocycles. The minimum Gasteiger partial charge on any atom is -0.395 e. The molecule has 1 atom stereocenters. The summed E-state index contributed by atoms with van der Waals surface area (Å²) in [7, 11) is 0. The Morgan fingerprint density at radius 3 is 2.38 bits per heavy atom. The van der Waals surface area contributed by atoms with E-state index >= 15 is 0 Å². The van der Waals surface area contributed by atoms with Crippen LogP contribution in [0.2, 0.25) is 5.02 Å². The molecular weight excluding hydrogens is 450 g/mol. The van der Waals surface area contributed by atoms with Crippen LogP contribution in [0, 0.1) is 5.92 Å². The Morgan fingerprint density at radius 1 is 1.22 bits per heavy atom. The van der Waals surface area contributed by atoms with Gasteiger partial charge < -0.3 is 16.8 Å². The average Bonchev–Trinajstić information content (AvgIpc) is 3.37. The molecule has 1 fully saturated rings. The van der Waals surface area contributed by atoms with E-state index in [2.05, 4.69) is 9.69 Å². The van der Waals surface area contributed by atoms with Crippen molar-refractivity contribution in [3.05, 3.63) is 39.9 Å². The van der Waals surface area contributed by atoms with Crippen LogP contribution in [0.5, 0.6) is 0 Å². The van der Waals surface area contributed by atoms with Gasteiger partial charge in [0.25, 0.3) is 11.8 Å². The highest BCUT2D eigenvalue weighted by molar-refractivity contribution is 7.09. The lowest BCUT2D eigenvalue weighted by Crippen LogP contribution is -2.52. The summed E-state index contributed by atoms with van der Waals surface area (Å²) in [6.45, 7) is 3.99. The number of nitrogens with one attached hydrogen (secondary N) is 1. The maximum Gasteiger partial charge on any atom is 0.272 e. The van der Waals surface area contributed by atoms with Gasteiger partial charge in [-0.3, -0.25) is 19.3 Å². The number of rotatable bonds is 8.